The third-order valence-electron chi connectivity index (χ3n) is 5.07. The summed E-state index contributed by atoms with van der Waals surface area (Å²) in [4.78, 5) is 48.2. The van der Waals surface area contributed by atoms with Crippen molar-refractivity contribution in [3.8, 4) is 11.3 Å². The number of carbonyl (C=O) groups excluding carboxylic acids is 2. The lowest BCUT2D eigenvalue weighted by atomic mass is 10.1. The summed E-state index contributed by atoms with van der Waals surface area (Å²) in [5, 5.41) is 22.3. The number of nitro groups is 1. The molecule has 10 nitrogen and oxygen atoms in total. The molecular formula is C23H15N3O7S. The van der Waals surface area contributed by atoms with Crippen molar-refractivity contribution in [1.29, 1.82) is 0 Å². The van der Waals surface area contributed by atoms with Crippen molar-refractivity contribution < 1.29 is 28.8 Å². The fourth-order valence-corrected chi connectivity index (χ4v) is 3.68. The molecule has 2 heterocycles. The summed E-state index contributed by atoms with van der Waals surface area (Å²) in [6.45, 7) is 1.70. The Hall–Kier alpha value is -4.64. The van der Waals surface area contributed by atoms with Crippen LogP contribution in [0.15, 0.2) is 64.6 Å². The number of carboxylic acids is 1. The van der Waals surface area contributed by atoms with Crippen LogP contribution in [0, 0.1) is 17.0 Å². The number of nitro benzene ring substituents is 1. The maximum atomic E-state index is 13.1. The van der Waals surface area contributed by atoms with Crippen molar-refractivity contribution in [2.75, 3.05) is 4.90 Å². The van der Waals surface area contributed by atoms with Crippen LogP contribution in [0.1, 0.15) is 21.7 Å². The van der Waals surface area contributed by atoms with Crippen LogP contribution in [0.25, 0.3) is 17.4 Å². The molecule has 170 valence electrons. The molecule has 0 bridgehead atoms. The molecule has 0 spiro atoms. The molecule has 11 heteroatoms. The van der Waals surface area contributed by atoms with Gasteiger partial charge in [0.2, 0.25) is 0 Å². The van der Waals surface area contributed by atoms with Crippen molar-refractivity contribution in [3.63, 3.8) is 0 Å². The molecular weight excluding hydrogens is 462 g/mol. The second-order valence-corrected chi connectivity index (χ2v) is 7.65. The van der Waals surface area contributed by atoms with Gasteiger partial charge in [0.1, 0.15) is 17.1 Å². The largest absolute Gasteiger partial charge is 0.478 e. The first-order valence-corrected chi connectivity index (χ1v) is 10.2. The molecule has 0 atom stereocenters. The van der Waals surface area contributed by atoms with Gasteiger partial charge in [-0.05, 0) is 73.2 Å². The van der Waals surface area contributed by atoms with E-state index in [0.29, 0.717) is 16.9 Å². The number of amides is 2. The summed E-state index contributed by atoms with van der Waals surface area (Å²) in [6.07, 6.45) is 1.27. The molecule has 1 fully saturated rings. The highest BCUT2D eigenvalue weighted by atomic mass is 32.1. The third kappa shape index (κ3) is 4.19. The molecule has 4 rings (SSSR count). The van der Waals surface area contributed by atoms with Gasteiger partial charge in [0.25, 0.3) is 17.5 Å². The number of nitrogens with one attached hydrogen (secondary N) is 1. The van der Waals surface area contributed by atoms with Crippen molar-refractivity contribution in [3.05, 3.63) is 87.2 Å². The minimum Gasteiger partial charge on any atom is -0.478 e. The number of carboxylic acid groups (broad SMARTS) is 1. The summed E-state index contributed by atoms with van der Waals surface area (Å²) < 4.78 is 5.77. The first kappa shape index (κ1) is 22.6. The molecule has 2 amide bonds. The van der Waals surface area contributed by atoms with Gasteiger partial charge in [-0.3, -0.25) is 29.9 Å². The Morgan fingerprint density at radius 2 is 1.85 bits per heavy atom. The van der Waals surface area contributed by atoms with Crippen LogP contribution >= 0.6 is 12.2 Å². The van der Waals surface area contributed by atoms with Crippen molar-refractivity contribution in [1.82, 2.24) is 5.32 Å². The number of rotatable bonds is 5. The zero-order chi connectivity index (χ0) is 24.6. The Balaban J connectivity index is 1.65. The van der Waals surface area contributed by atoms with E-state index in [2.05, 4.69) is 5.32 Å². The van der Waals surface area contributed by atoms with Crippen molar-refractivity contribution in [2.45, 2.75) is 6.92 Å². The maximum Gasteiger partial charge on any atom is 0.335 e. The van der Waals surface area contributed by atoms with E-state index in [1.54, 1.807) is 25.1 Å². The molecule has 2 N–H and O–H groups in total. The normalized spacial score (nSPS) is 14.9. The monoisotopic (exact) mass is 477 g/mol. The Bertz CT molecular complexity index is 1410. The van der Waals surface area contributed by atoms with Gasteiger partial charge in [-0.2, -0.15) is 0 Å². The van der Waals surface area contributed by atoms with Gasteiger partial charge in [-0.25, -0.2) is 4.79 Å². The highest BCUT2D eigenvalue weighted by Gasteiger charge is 2.34. The van der Waals surface area contributed by atoms with Gasteiger partial charge < -0.3 is 9.52 Å². The fraction of sp³-hybridized carbons (Fsp3) is 0.0435. The number of furan rings is 1. The highest BCUT2D eigenvalue weighted by molar-refractivity contribution is 7.80. The molecule has 2 aromatic carbocycles. The number of non-ortho nitro benzene ring substituents is 1. The zero-order valence-electron chi connectivity index (χ0n) is 17.5. The van der Waals surface area contributed by atoms with Crippen LogP contribution in [0.5, 0.6) is 0 Å². The van der Waals surface area contributed by atoms with E-state index < -0.39 is 22.7 Å². The predicted molar refractivity (Wildman–Crippen MR) is 125 cm³/mol. The Morgan fingerprint density at radius 3 is 2.47 bits per heavy atom. The first-order chi connectivity index (χ1) is 16.2. The molecule has 1 aliphatic heterocycles. The second kappa shape index (κ2) is 8.71. The zero-order valence-corrected chi connectivity index (χ0v) is 18.3. The minimum absolute atomic E-state index is 0.0311. The molecule has 1 aromatic heterocycles. The van der Waals surface area contributed by atoms with Crippen LogP contribution < -0.4 is 10.2 Å². The van der Waals surface area contributed by atoms with Crippen molar-refractivity contribution >= 4 is 52.6 Å². The number of thiocarbonyl (C=S) groups is 1. The summed E-state index contributed by atoms with van der Waals surface area (Å²) in [7, 11) is 0. The SMILES string of the molecule is Cc1cc([N+](=O)[O-])ccc1-c1ccc(/C=C2/C(=O)NC(=S)N(c3ccc(C(=O)O)cc3)C2=O)o1. The number of benzene rings is 2. The predicted octanol–water partition coefficient (Wildman–Crippen LogP) is 3.69. The fourth-order valence-electron chi connectivity index (χ4n) is 3.40. The molecule has 34 heavy (non-hydrogen) atoms. The standard InChI is InChI=1S/C23H15N3O7S/c1-12-10-15(26(31)32)6-8-17(12)19-9-7-16(33-19)11-18-20(27)24-23(34)25(21(18)28)14-4-2-13(3-5-14)22(29)30/h2-11H,1H3,(H,29,30)(H,24,27,34)/b18-11-. The van der Waals surface area contributed by atoms with Gasteiger partial charge in [0.15, 0.2) is 5.11 Å². The van der Waals surface area contributed by atoms with Crippen LogP contribution in [-0.2, 0) is 9.59 Å². The Labute approximate surface area is 197 Å². The summed E-state index contributed by atoms with van der Waals surface area (Å²) >= 11 is 5.13. The summed E-state index contributed by atoms with van der Waals surface area (Å²) in [6, 6.07) is 13.0. The lowest BCUT2D eigenvalue weighted by Gasteiger charge is -2.28. The average Bonchev–Trinajstić information content (AvgIpc) is 3.25. The smallest absolute Gasteiger partial charge is 0.335 e. The van der Waals surface area contributed by atoms with Gasteiger partial charge in [0.05, 0.1) is 16.2 Å². The van der Waals surface area contributed by atoms with Gasteiger partial charge in [-0.15, -0.1) is 0 Å². The van der Waals surface area contributed by atoms with Gasteiger partial charge >= 0.3 is 5.97 Å². The molecule has 0 radical (unpaired) electrons. The van der Waals surface area contributed by atoms with Crippen LogP contribution in [0.3, 0.4) is 0 Å². The molecule has 0 aliphatic carbocycles. The first-order valence-electron chi connectivity index (χ1n) is 9.76. The Morgan fingerprint density at radius 1 is 1.15 bits per heavy atom. The number of aromatic carboxylic acids is 1. The van der Waals surface area contributed by atoms with E-state index in [4.69, 9.17) is 21.7 Å². The van der Waals surface area contributed by atoms with E-state index in [0.717, 1.165) is 4.90 Å². The number of hydrogen-bond donors (Lipinski definition) is 2. The lowest BCUT2D eigenvalue weighted by molar-refractivity contribution is -0.384. The van der Waals surface area contributed by atoms with Crippen LogP contribution in [0.4, 0.5) is 11.4 Å². The number of anilines is 1. The molecule has 1 aliphatic rings. The summed E-state index contributed by atoms with van der Waals surface area (Å²) in [5.74, 6) is -1.93. The van der Waals surface area contributed by atoms with Gasteiger partial charge in [-0.1, -0.05) is 0 Å². The summed E-state index contributed by atoms with van der Waals surface area (Å²) in [5.41, 5.74) is 1.27. The second-order valence-electron chi connectivity index (χ2n) is 7.27. The molecule has 1 saturated heterocycles. The van der Waals surface area contributed by atoms with Crippen LogP contribution in [-0.4, -0.2) is 32.9 Å². The van der Waals surface area contributed by atoms with E-state index in [1.807, 2.05) is 0 Å². The van der Waals surface area contributed by atoms with Crippen LogP contribution in [0.2, 0.25) is 0 Å². The molecule has 3 aromatic rings. The number of hydrogen-bond acceptors (Lipinski definition) is 7. The van der Waals surface area contributed by atoms with E-state index in [-0.39, 0.29) is 33.4 Å². The Kier molecular flexibility index (Phi) is 5.78. The van der Waals surface area contributed by atoms with E-state index in [1.165, 1.54) is 42.5 Å². The molecule has 0 saturated carbocycles. The topological polar surface area (TPSA) is 143 Å². The van der Waals surface area contributed by atoms with E-state index >= 15 is 0 Å². The number of aryl methyl sites for hydroxylation is 1. The highest BCUT2D eigenvalue weighted by Crippen LogP contribution is 2.30. The van der Waals surface area contributed by atoms with Gasteiger partial charge in [0, 0.05) is 17.7 Å². The molecule has 0 unspecified atom stereocenters. The minimum atomic E-state index is -1.12. The number of carbonyl (C=O) groups is 3. The lowest BCUT2D eigenvalue weighted by Crippen LogP contribution is -2.54. The maximum absolute atomic E-state index is 13.1. The van der Waals surface area contributed by atoms with E-state index in [9.17, 15) is 24.5 Å². The quantitative estimate of drug-likeness (QED) is 0.186. The average molecular weight is 477 g/mol. The number of nitrogens with zero attached hydrogens (tertiary/aromatic N) is 2. The van der Waals surface area contributed by atoms with Crippen molar-refractivity contribution in [2.24, 2.45) is 0 Å². The third-order valence-corrected chi connectivity index (χ3v) is 5.36.